The highest BCUT2D eigenvalue weighted by Gasteiger charge is 2.30. The summed E-state index contributed by atoms with van der Waals surface area (Å²) in [5.74, 6) is -0.291. The van der Waals surface area contributed by atoms with Gasteiger partial charge in [-0.05, 0) is 38.1 Å². The summed E-state index contributed by atoms with van der Waals surface area (Å²) >= 11 is 1.32. The molecule has 1 aliphatic heterocycles. The van der Waals surface area contributed by atoms with Crippen LogP contribution in [0, 0.1) is 18.3 Å². The molecule has 8 heteroatoms. The third-order valence-corrected chi connectivity index (χ3v) is 5.24. The molecule has 0 saturated carbocycles. The van der Waals surface area contributed by atoms with Gasteiger partial charge in [-0.1, -0.05) is 11.3 Å². The van der Waals surface area contributed by atoms with Crippen molar-refractivity contribution in [2.45, 2.75) is 13.8 Å². The van der Waals surface area contributed by atoms with E-state index < -0.39 is 0 Å². The quantitative estimate of drug-likeness (QED) is 0.893. The molecule has 1 aromatic carbocycles. The van der Waals surface area contributed by atoms with Gasteiger partial charge < -0.3 is 15.1 Å². The van der Waals surface area contributed by atoms with Crippen LogP contribution in [-0.4, -0.2) is 47.9 Å². The number of aromatic nitrogens is 1. The Balaban J connectivity index is 1.70. The Bertz CT molecular complexity index is 869. The summed E-state index contributed by atoms with van der Waals surface area (Å²) in [7, 11) is 0. The topological polar surface area (TPSA) is 89.3 Å². The summed E-state index contributed by atoms with van der Waals surface area (Å²) < 4.78 is 0. The van der Waals surface area contributed by atoms with Crippen LogP contribution < -0.4 is 10.2 Å². The Kier molecular flexibility index (Phi) is 5.19. The fourth-order valence-corrected chi connectivity index (χ4v) is 3.80. The lowest BCUT2D eigenvalue weighted by Crippen LogP contribution is -2.52. The number of anilines is 2. The van der Waals surface area contributed by atoms with Crippen molar-refractivity contribution in [2.24, 2.45) is 0 Å². The summed E-state index contributed by atoms with van der Waals surface area (Å²) in [5, 5.41) is 12.7. The molecule has 7 nitrogen and oxygen atoms in total. The summed E-state index contributed by atoms with van der Waals surface area (Å²) in [6.45, 7) is 5.43. The van der Waals surface area contributed by atoms with Gasteiger partial charge in [-0.3, -0.25) is 9.59 Å². The summed E-state index contributed by atoms with van der Waals surface area (Å²) in [5.41, 5.74) is 1.97. The van der Waals surface area contributed by atoms with Crippen molar-refractivity contribution in [3.05, 3.63) is 40.4 Å². The molecule has 3 rings (SSSR count). The lowest BCUT2D eigenvalue weighted by Gasteiger charge is -2.34. The molecule has 2 aromatic rings. The van der Waals surface area contributed by atoms with E-state index in [2.05, 4.69) is 16.4 Å². The van der Waals surface area contributed by atoms with Crippen LogP contribution in [0.3, 0.4) is 0 Å². The Morgan fingerprint density at radius 1 is 1.35 bits per heavy atom. The number of nitrogens with zero attached hydrogens (tertiary/aromatic N) is 4. The molecule has 1 aromatic heterocycles. The number of benzene rings is 1. The standard InChI is InChI=1S/C18H19N5O2S/c1-3-20-18-21-12(2)16(26-18)17(25)22-8-9-23(15(24)11-22)14-6-4-13(10-19)5-7-14/h4-7H,3,8-9,11H2,1-2H3,(H,20,21). The molecule has 0 spiro atoms. The largest absolute Gasteiger partial charge is 0.362 e. The molecular weight excluding hydrogens is 350 g/mol. The molecule has 1 N–H and O–H groups in total. The first-order valence-electron chi connectivity index (χ1n) is 8.34. The number of carbonyl (C=O) groups is 2. The molecule has 0 aliphatic carbocycles. The maximum atomic E-state index is 12.8. The van der Waals surface area contributed by atoms with Crippen molar-refractivity contribution >= 4 is 34.0 Å². The third-order valence-electron chi connectivity index (χ3n) is 4.13. The zero-order valence-electron chi connectivity index (χ0n) is 14.7. The Labute approximate surface area is 155 Å². The molecule has 2 heterocycles. The minimum Gasteiger partial charge on any atom is -0.362 e. The van der Waals surface area contributed by atoms with E-state index in [-0.39, 0.29) is 18.4 Å². The zero-order valence-corrected chi connectivity index (χ0v) is 15.5. The average Bonchev–Trinajstić information content (AvgIpc) is 3.02. The highest BCUT2D eigenvalue weighted by Crippen LogP contribution is 2.25. The van der Waals surface area contributed by atoms with E-state index in [1.54, 1.807) is 41.0 Å². The monoisotopic (exact) mass is 369 g/mol. The van der Waals surface area contributed by atoms with Crippen LogP contribution in [0.2, 0.25) is 0 Å². The summed E-state index contributed by atoms with van der Waals surface area (Å²) in [6.07, 6.45) is 0. The van der Waals surface area contributed by atoms with Gasteiger partial charge in [-0.15, -0.1) is 0 Å². The van der Waals surface area contributed by atoms with Crippen molar-refractivity contribution in [1.29, 1.82) is 5.26 Å². The lowest BCUT2D eigenvalue weighted by molar-refractivity contribution is -0.120. The highest BCUT2D eigenvalue weighted by molar-refractivity contribution is 7.17. The zero-order chi connectivity index (χ0) is 18.7. The number of hydrogen-bond donors (Lipinski definition) is 1. The van der Waals surface area contributed by atoms with Gasteiger partial charge >= 0.3 is 0 Å². The Hall–Kier alpha value is -2.92. The minimum absolute atomic E-state index is 0.0344. The number of piperazine rings is 1. The number of carbonyl (C=O) groups excluding carboxylic acids is 2. The molecule has 0 radical (unpaired) electrons. The SMILES string of the molecule is CCNc1nc(C)c(C(=O)N2CCN(c3ccc(C#N)cc3)C(=O)C2)s1. The van der Waals surface area contributed by atoms with Gasteiger partial charge in [-0.25, -0.2) is 4.98 Å². The maximum Gasteiger partial charge on any atom is 0.266 e. The second-order valence-corrected chi connectivity index (χ2v) is 6.89. The van der Waals surface area contributed by atoms with Gasteiger partial charge in [0.05, 0.1) is 17.3 Å². The first kappa shape index (κ1) is 17.9. The number of aryl methyl sites for hydroxylation is 1. The number of nitrogens with one attached hydrogen (secondary N) is 1. The van der Waals surface area contributed by atoms with Crippen LogP contribution in [0.25, 0.3) is 0 Å². The predicted molar refractivity (Wildman–Crippen MR) is 100 cm³/mol. The lowest BCUT2D eigenvalue weighted by atomic mass is 10.2. The average molecular weight is 369 g/mol. The minimum atomic E-state index is -0.156. The van der Waals surface area contributed by atoms with Gasteiger partial charge in [0.15, 0.2) is 5.13 Å². The molecule has 0 atom stereocenters. The van der Waals surface area contributed by atoms with Crippen LogP contribution >= 0.6 is 11.3 Å². The van der Waals surface area contributed by atoms with E-state index in [0.29, 0.717) is 29.2 Å². The molecule has 2 amide bonds. The number of thiazole rings is 1. The fourth-order valence-electron chi connectivity index (χ4n) is 2.80. The van der Waals surface area contributed by atoms with Crippen molar-refractivity contribution in [3.63, 3.8) is 0 Å². The van der Waals surface area contributed by atoms with Gasteiger partial charge in [0.25, 0.3) is 5.91 Å². The molecular formula is C18H19N5O2S. The van der Waals surface area contributed by atoms with Gasteiger partial charge in [0, 0.05) is 25.3 Å². The molecule has 0 unspecified atom stereocenters. The van der Waals surface area contributed by atoms with E-state index >= 15 is 0 Å². The smallest absolute Gasteiger partial charge is 0.266 e. The first-order valence-corrected chi connectivity index (χ1v) is 9.16. The van der Waals surface area contributed by atoms with E-state index in [9.17, 15) is 9.59 Å². The van der Waals surface area contributed by atoms with E-state index in [1.807, 2.05) is 6.92 Å². The summed E-state index contributed by atoms with van der Waals surface area (Å²) in [6, 6.07) is 8.93. The molecule has 26 heavy (non-hydrogen) atoms. The van der Waals surface area contributed by atoms with Crippen LogP contribution in [0.15, 0.2) is 24.3 Å². The van der Waals surface area contributed by atoms with Gasteiger partial charge in [0.2, 0.25) is 5.91 Å². The predicted octanol–water partition coefficient (Wildman–Crippen LogP) is 2.24. The number of amides is 2. The van der Waals surface area contributed by atoms with E-state index in [4.69, 9.17) is 5.26 Å². The van der Waals surface area contributed by atoms with Gasteiger partial charge in [0.1, 0.15) is 11.4 Å². The van der Waals surface area contributed by atoms with Crippen molar-refractivity contribution < 1.29 is 9.59 Å². The molecule has 1 aliphatic rings. The van der Waals surface area contributed by atoms with Crippen molar-refractivity contribution in [2.75, 3.05) is 36.4 Å². The van der Waals surface area contributed by atoms with E-state index in [1.165, 1.54) is 11.3 Å². The number of hydrogen-bond acceptors (Lipinski definition) is 6. The van der Waals surface area contributed by atoms with Gasteiger partial charge in [-0.2, -0.15) is 5.26 Å². The molecule has 1 saturated heterocycles. The highest BCUT2D eigenvalue weighted by atomic mass is 32.1. The molecule has 1 fully saturated rings. The van der Waals surface area contributed by atoms with Crippen molar-refractivity contribution in [1.82, 2.24) is 9.88 Å². The van der Waals surface area contributed by atoms with E-state index in [0.717, 1.165) is 17.4 Å². The van der Waals surface area contributed by atoms with Crippen LogP contribution in [-0.2, 0) is 4.79 Å². The maximum absolute atomic E-state index is 12.8. The first-order chi connectivity index (χ1) is 12.5. The van der Waals surface area contributed by atoms with Crippen LogP contribution in [0.5, 0.6) is 0 Å². The summed E-state index contributed by atoms with van der Waals surface area (Å²) in [4.78, 5) is 33.4. The Morgan fingerprint density at radius 2 is 2.08 bits per heavy atom. The van der Waals surface area contributed by atoms with Crippen LogP contribution in [0.1, 0.15) is 27.9 Å². The number of rotatable bonds is 4. The second-order valence-electron chi connectivity index (χ2n) is 5.89. The fraction of sp³-hybridized carbons (Fsp3) is 0.333. The number of nitriles is 1. The Morgan fingerprint density at radius 3 is 2.69 bits per heavy atom. The molecule has 134 valence electrons. The third kappa shape index (κ3) is 3.53. The second kappa shape index (κ2) is 7.54. The normalized spacial score (nSPS) is 14.3. The molecule has 0 bridgehead atoms. The van der Waals surface area contributed by atoms with Crippen LogP contribution in [0.4, 0.5) is 10.8 Å². The van der Waals surface area contributed by atoms with Crippen molar-refractivity contribution in [3.8, 4) is 6.07 Å².